The van der Waals surface area contributed by atoms with E-state index in [1.165, 1.54) is 25.6 Å². The van der Waals surface area contributed by atoms with E-state index in [1.807, 2.05) is 0 Å². The van der Waals surface area contributed by atoms with Crippen molar-refractivity contribution in [1.82, 2.24) is 9.71 Å². The quantitative estimate of drug-likeness (QED) is 0.909. The number of hydrogen-bond donors (Lipinski definition) is 1. The van der Waals surface area contributed by atoms with Crippen LogP contribution in [-0.2, 0) is 27.8 Å². The van der Waals surface area contributed by atoms with Gasteiger partial charge in [0.05, 0.1) is 17.1 Å². The fourth-order valence-electron chi connectivity index (χ4n) is 2.45. The Morgan fingerprint density at radius 3 is 2.95 bits per heavy atom. The first-order valence-corrected chi connectivity index (χ1v) is 8.23. The van der Waals surface area contributed by atoms with Crippen molar-refractivity contribution in [2.45, 2.75) is 24.8 Å². The molecule has 0 saturated heterocycles. The molecule has 1 aromatic carbocycles. The summed E-state index contributed by atoms with van der Waals surface area (Å²) in [6, 6.07) is 4.79. The molecule has 0 radical (unpaired) electrons. The van der Waals surface area contributed by atoms with E-state index >= 15 is 0 Å². The molecule has 2 heterocycles. The van der Waals surface area contributed by atoms with Crippen molar-refractivity contribution in [3.8, 4) is 0 Å². The standard InChI is InChI=1S/C14H15N3O4S/c1-10(18)17-5-4-11-6-13(2-3-14(11)17)22(19,20)16-7-12-8-21-9-15-12/h2-3,6,8-9,16H,4-5,7H2,1H3. The molecule has 0 atom stereocenters. The van der Waals surface area contributed by atoms with Crippen LogP contribution in [0.25, 0.3) is 0 Å². The number of rotatable bonds is 4. The first-order valence-electron chi connectivity index (χ1n) is 6.75. The van der Waals surface area contributed by atoms with Gasteiger partial charge < -0.3 is 9.32 Å². The van der Waals surface area contributed by atoms with Gasteiger partial charge in [0.25, 0.3) is 0 Å². The molecule has 116 valence electrons. The largest absolute Gasteiger partial charge is 0.451 e. The van der Waals surface area contributed by atoms with Gasteiger partial charge in [0.1, 0.15) is 6.26 Å². The topological polar surface area (TPSA) is 92.5 Å². The van der Waals surface area contributed by atoms with Gasteiger partial charge in [0.15, 0.2) is 6.39 Å². The van der Waals surface area contributed by atoms with Gasteiger partial charge in [-0.25, -0.2) is 18.1 Å². The van der Waals surface area contributed by atoms with Gasteiger partial charge in [-0.2, -0.15) is 0 Å². The Bertz CT molecular complexity index is 800. The Kier molecular flexibility index (Phi) is 3.71. The summed E-state index contributed by atoms with van der Waals surface area (Å²) in [7, 11) is -3.63. The first-order chi connectivity index (χ1) is 10.5. The number of aromatic nitrogens is 1. The lowest BCUT2D eigenvalue weighted by atomic mass is 10.2. The minimum Gasteiger partial charge on any atom is -0.451 e. The summed E-state index contributed by atoms with van der Waals surface area (Å²) in [5, 5.41) is 0. The van der Waals surface area contributed by atoms with Gasteiger partial charge in [-0.1, -0.05) is 0 Å². The van der Waals surface area contributed by atoms with Crippen LogP contribution in [0.1, 0.15) is 18.2 Å². The molecule has 0 saturated carbocycles. The fourth-order valence-corrected chi connectivity index (χ4v) is 3.50. The van der Waals surface area contributed by atoms with E-state index in [9.17, 15) is 13.2 Å². The predicted molar refractivity (Wildman–Crippen MR) is 78.7 cm³/mol. The lowest BCUT2D eigenvalue weighted by Crippen LogP contribution is -2.26. The number of carbonyl (C=O) groups is 1. The van der Waals surface area contributed by atoms with Crippen molar-refractivity contribution in [3.63, 3.8) is 0 Å². The molecular weight excluding hydrogens is 306 g/mol. The Morgan fingerprint density at radius 1 is 1.45 bits per heavy atom. The molecular formula is C14H15N3O4S. The molecule has 3 rings (SSSR count). The average Bonchev–Trinajstić information content (AvgIpc) is 3.13. The third kappa shape index (κ3) is 2.75. The molecule has 2 aromatic rings. The van der Waals surface area contributed by atoms with E-state index in [-0.39, 0.29) is 17.3 Å². The summed E-state index contributed by atoms with van der Waals surface area (Å²) in [5.74, 6) is -0.0430. The lowest BCUT2D eigenvalue weighted by molar-refractivity contribution is -0.116. The zero-order chi connectivity index (χ0) is 15.7. The molecule has 22 heavy (non-hydrogen) atoms. The highest BCUT2D eigenvalue weighted by Gasteiger charge is 2.24. The molecule has 1 aliphatic heterocycles. The minimum atomic E-state index is -3.63. The number of sulfonamides is 1. The van der Waals surface area contributed by atoms with E-state index in [4.69, 9.17) is 4.42 Å². The maximum Gasteiger partial charge on any atom is 0.240 e. The summed E-state index contributed by atoms with van der Waals surface area (Å²) in [6.45, 7) is 2.15. The van der Waals surface area contributed by atoms with Gasteiger partial charge in [0.2, 0.25) is 15.9 Å². The van der Waals surface area contributed by atoms with Crippen molar-refractivity contribution in [1.29, 1.82) is 0 Å². The predicted octanol–water partition coefficient (Wildman–Crippen LogP) is 1.06. The summed E-state index contributed by atoms with van der Waals surface area (Å²) < 4.78 is 31.9. The highest BCUT2D eigenvalue weighted by Crippen LogP contribution is 2.30. The minimum absolute atomic E-state index is 0.0430. The molecule has 1 N–H and O–H groups in total. The van der Waals surface area contributed by atoms with Gasteiger partial charge in [-0.15, -0.1) is 0 Å². The Labute approximate surface area is 128 Å². The Balaban J connectivity index is 1.82. The molecule has 1 aliphatic rings. The van der Waals surface area contributed by atoms with Gasteiger partial charge >= 0.3 is 0 Å². The van der Waals surface area contributed by atoms with E-state index in [0.717, 1.165) is 11.3 Å². The second kappa shape index (κ2) is 5.54. The maximum absolute atomic E-state index is 12.3. The second-order valence-electron chi connectivity index (χ2n) is 5.02. The zero-order valence-electron chi connectivity index (χ0n) is 11.9. The number of hydrogen-bond acceptors (Lipinski definition) is 5. The highest BCUT2D eigenvalue weighted by molar-refractivity contribution is 7.89. The molecule has 7 nitrogen and oxygen atoms in total. The van der Waals surface area contributed by atoms with Crippen LogP contribution in [0.3, 0.4) is 0 Å². The normalized spacial score (nSPS) is 14.1. The van der Waals surface area contributed by atoms with Gasteiger partial charge in [-0.05, 0) is 30.2 Å². The number of oxazole rings is 1. The van der Waals surface area contributed by atoms with Crippen LogP contribution in [0.15, 0.2) is 40.2 Å². The molecule has 0 unspecified atom stereocenters. The van der Waals surface area contributed by atoms with E-state index < -0.39 is 10.0 Å². The molecule has 0 bridgehead atoms. The van der Waals surface area contributed by atoms with Crippen LogP contribution in [0.4, 0.5) is 5.69 Å². The molecule has 0 aliphatic carbocycles. The lowest BCUT2D eigenvalue weighted by Gasteiger charge is -2.15. The monoisotopic (exact) mass is 321 g/mol. The van der Waals surface area contributed by atoms with E-state index in [1.54, 1.807) is 17.0 Å². The van der Waals surface area contributed by atoms with Gasteiger partial charge in [-0.3, -0.25) is 4.79 Å². The number of carbonyl (C=O) groups excluding carboxylic acids is 1. The summed E-state index contributed by atoms with van der Waals surface area (Å²) in [4.78, 5) is 17.2. The van der Waals surface area contributed by atoms with Crippen molar-refractivity contribution in [2.24, 2.45) is 0 Å². The fraction of sp³-hybridized carbons (Fsp3) is 0.286. The molecule has 1 aromatic heterocycles. The average molecular weight is 321 g/mol. The third-order valence-corrected chi connectivity index (χ3v) is 4.96. The first kappa shape index (κ1) is 14.7. The smallest absolute Gasteiger partial charge is 0.240 e. The van der Waals surface area contributed by atoms with Crippen LogP contribution in [-0.4, -0.2) is 25.9 Å². The maximum atomic E-state index is 12.3. The molecule has 1 amide bonds. The van der Waals surface area contributed by atoms with Crippen molar-refractivity contribution in [2.75, 3.05) is 11.4 Å². The van der Waals surface area contributed by atoms with Gasteiger partial charge in [0, 0.05) is 19.2 Å². The molecule has 0 fully saturated rings. The van der Waals surface area contributed by atoms with Crippen LogP contribution < -0.4 is 9.62 Å². The summed E-state index contributed by atoms with van der Waals surface area (Å²) in [5.41, 5.74) is 2.15. The number of fused-ring (bicyclic) bond motifs is 1. The molecule has 0 spiro atoms. The van der Waals surface area contributed by atoms with Crippen molar-refractivity contribution >= 4 is 21.6 Å². The number of anilines is 1. The van der Waals surface area contributed by atoms with Crippen LogP contribution in [0.5, 0.6) is 0 Å². The number of nitrogens with one attached hydrogen (secondary N) is 1. The van der Waals surface area contributed by atoms with Crippen LogP contribution in [0.2, 0.25) is 0 Å². The number of benzene rings is 1. The van der Waals surface area contributed by atoms with E-state index in [2.05, 4.69) is 9.71 Å². The van der Waals surface area contributed by atoms with E-state index in [0.29, 0.717) is 18.7 Å². The summed E-state index contributed by atoms with van der Waals surface area (Å²) in [6.07, 6.45) is 3.28. The molecule has 8 heteroatoms. The van der Waals surface area contributed by atoms with Crippen molar-refractivity contribution < 1.29 is 17.6 Å². The van der Waals surface area contributed by atoms with Crippen molar-refractivity contribution in [3.05, 3.63) is 42.1 Å². The summed E-state index contributed by atoms with van der Waals surface area (Å²) >= 11 is 0. The third-order valence-electron chi connectivity index (χ3n) is 3.56. The van der Waals surface area contributed by atoms with Crippen LogP contribution >= 0.6 is 0 Å². The SMILES string of the molecule is CC(=O)N1CCc2cc(S(=O)(=O)NCc3cocn3)ccc21. The zero-order valence-corrected chi connectivity index (χ0v) is 12.8. The van der Waals surface area contributed by atoms with Crippen LogP contribution in [0, 0.1) is 0 Å². The Hall–Kier alpha value is -2.19. The number of amides is 1. The number of nitrogens with zero attached hydrogens (tertiary/aromatic N) is 2. The second-order valence-corrected chi connectivity index (χ2v) is 6.78. The highest BCUT2D eigenvalue weighted by atomic mass is 32.2. The Morgan fingerprint density at radius 2 is 2.27 bits per heavy atom.